The first kappa shape index (κ1) is 28.6. The number of carboxylic acids is 1. The van der Waals surface area contributed by atoms with Gasteiger partial charge in [-0.15, -0.1) is 0 Å². The molecule has 1 aliphatic heterocycles. The van der Waals surface area contributed by atoms with Gasteiger partial charge in [0.2, 0.25) is 0 Å². The summed E-state index contributed by atoms with van der Waals surface area (Å²) in [6.45, 7) is 12.2. The Morgan fingerprint density at radius 3 is 2.36 bits per heavy atom. The van der Waals surface area contributed by atoms with Gasteiger partial charge in [0.1, 0.15) is 11.4 Å². The first-order valence-electron chi connectivity index (χ1n) is 13.9. The topological polar surface area (TPSA) is 165 Å². The Hall–Kier alpha value is -1.91. The van der Waals surface area contributed by atoms with E-state index in [1.807, 2.05) is 20.8 Å². The summed E-state index contributed by atoms with van der Waals surface area (Å²) in [6, 6.07) is 0. The number of fused-ring (bicyclic) bond motifs is 3. The smallest absolute Gasteiger partial charge is 0.306 e. The van der Waals surface area contributed by atoms with Crippen molar-refractivity contribution in [3.8, 4) is 0 Å². The van der Waals surface area contributed by atoms with Gasteiger partial charge in [-0.2, -0.15) is 0 Å². The SMILES string of the molecule is C[C@@H](CC(=O)C[C@](C)(O)C1=C[C@@H](O)[C@]2(C)[C@]1(C)C(=O)C=C1[C@]23O[C@H]3C[C@H]2C(C)(C)[C@@H](O)[C@H](O)C[C@]12C)C(=O)O. The van der Waals surface area contributed by atoms with Crippen LogP contribution in [0.25, 0.3) is 0 Å². The number of carbonyl (C=O) groups is 3. The molecule has 1 heterocycles. The third-order valence-electron chi connectivity index (χ3n) is 11.7. The second kappa shape index (κ2) is 8.10. The fraction of sp³-hybridized carbons (Fsp3) is 0.767. The molecule has 0 aromatic heterocycles. The summed E-state index contributed by atoms with van der Waals surface area (Å²) in [5, 5.41) is 54.2. The van der Waals surface area contributed by atoms with Crippen LogP contribution in [-0.4, -0.2) is 78.7 Å². The molecule has 0 unspecified atom stereocenters. The minimum atomic E-state index is -1.81. The van der Waals surface area contributed by atoms with Crippen molar-refractivity contribution >= 4 is 17.5 Å². The van der Waals surface area contributed by atoms with Crippen molar-refractivity contribution in [1.29, 1.82) is 0 Å². The van der Waals surface area contributed by atoms with Crippen molar-refractivity contribution in [2.75, 3.05) is 0 Å². The van der Waals surface area contributed by atoms with Crippen LogP contribution in [0.3, 0.4) is 0 Å². The number of epoxide rings is 1. The second-order valence-corrected chi connectivity index (χ2v) is 14.3. The Morgan fingerprint density at radius 2 is 1.77 bits per heavy atom. The summed E-state index contributed by atoms with van der Waals surface area (Å²) in [5.74, 6) is -2.88. The number of aliphatic hydroxyl groups is 4. The average Bonchev–Trinajstić information content (AvgIpc) is 3.49. The van der Waals surface area contributed by atoms with Gasteiger partial charge >= 0.3 is 5.97 Å². The van der Waals surface area contributed by atoms with E-state index in [-0.39, 0.29) is 36.2 Å². The van der Waals surface area contributed by atoms with Crippen LogP contribution in [0, 0.1) is 33.5 Å². The number of aliphatic carboxylic acids is 1. The maximum absolute atomic E-state index is 14.2. The first-order valence-corrected chi connectivity index (χ1v) is 13.9. The van der Waals surface area contributed by atoms with E-state index in [4.69, 9.17) is 4.74 Å². The monoisotopic (exact) mass is 546 g/mol. The molecule has 9 heteroatoms. The van der Waals surface area contributed by atoms with Gasteiger partial charge in [0.05, 0.1) is 41.3 Å². The largest absolute Gasteiger partial charge is 0.481 e. The van der Waals surface area contributed by atoms with Gasteiger partial charge in [0.15, 0.2) is 5.78 Å². The molecule has 4 aliphatic carbocycles. The summed E-state index contributed by atoms with van der Waals surface area (Å²) < 4.78 is 6.52. The molecule has 2 saturated carbocycles. The highest BCUT2D eigenvalue weighted by Crippen LogP contribution is 2.79. The minimum absolute atomic E-state index is 0.0843. The van der Waals surface area contributed by atoms with Gasteiger partial charge in [-0.25, -0.2) is 0 Å². The number of carbonyl (C=O) groups excluding carboxylic acids is 2. The van der Waals surface area contributed by atoms with E-state index in [0.717, 1.165) is 5.57 Å². The highest BCUT2D eigenvalue weighted by molar-refractivity contribution is 6.02. The summed E-state index contributed by atoms with van der Waals surface area (Å²) in [4.78, 5) is 38.3. The van der Waals surface area contributed by atoms with Crippen molar-refractivity contribution in [1.82, 2.24) is 0 Å². The highest BCUT2D eigenvalue weighted by atomic mass is 16.6. The lowest BCUT2D eigenvalue weighted by Gasteiger charge is -2.62. The first-order chi connectivity index (χ1) is 17.7. The molecule has 39 heavy (non-hydrogen) atoms. The normalized spacial score (nSPS) is 47.9. The average molecular weight is 547 g/mol. The molecule has 0 aromatic rings. The van der Waals surface area contributed by atoms with E-state index in [9.17, 15) is 39.9 Å². The lowest BCUT2D eigenvalue weighted by atomic mass is 9.40. The summed E-state index contributed by atoms with van der Waals surface area (Å²) in [5.41, 5.74) is -5.81. The minimum Gasteiger partial charge on any atom is -0.481 e. The molecular formula is C30H42O9. The van der Waals surface area contributed by atoms with Crippen LogP contribution in [0.2, 0.25) is 0 Å². The Balaban J connectivity index is 1.58. The third kappa shape index (κ3) is 3.28. The van der Waals surface area contributed by atoms with Crippen molar-refractivity contribution in [3.63, 3.8) is 0 Å². The highest BCUT2D eigenvalue weighted by Gasteiger charge is 2.85. The number of rotatable bonds is 6. The maximum Gasteiger partial charge on any atom is 0.306 e. The number of ether oxygens (including phenoxy) is 1. The van der Waals surface area contributed by atoms with Crippen LogP contribution in [-0.2, 0) is 19.1 Å². The molecule has 11 atom stereocenters. The number of allylic oxidation sites excluding steroid dienone is 1. The molecule has 0 aromatic carbocycles. The van der Waals surface area contributed by atoms with Crippen molar-refractivity contribution in [3.05, 3.63) is 23.3 Å². The van der Waals surface area contributed by atoms with Gasteiger partial charge in [-0.05, 0) is 60.7 Å². The molecule has 5 N–H and O–H groups in total. The summed E-state index contributed by atoms with van der Waals surface area (Å²) >= 11 is 0. The molecule has 9 nitrogen and oxygen atoms in total. The van der Waals surface area contributed by atoms with E-state index >= 15 is 0 Å². The van der Waals surface area contributed by atoms with Crippen LogP contribution >= 0.6 is 0 Å². The quantitative estimate of drug-likeness (QED) is 0.247. The number of Topliss-reactive ketones (excluding diaryl/α,β-unsaturated/α-hetero) is 1. The molecule has 0 radical (unpaired) electrons. The number of carboxylic acid groups (broad SMARTS) is 1. The van der Waals surface area contributed by atoms with Gasteiger partial charge in [0, 0.05) is 18.3 Å². The molecular weight excluding hydrogens is 504 g/mol. The Bertz CT molecular complexity index is 1210. The van der Waals surface area contributed by atoms with Gasteiger partial charge in [-0.1, -0.05) is 40.7 Å². The Labute approximate surface area is 228 Å². The fourth-order valence-corrected chi connectivity index (χ4v) is 9.38. The Kier molecular flexibility index (Phi) is 5.94. The third-order valence-corrected chi connectivity index (χ3v) is 11.7. The number of aliphatic hydroxyl groups excluding tert-OH is 3. The molecule has 0 bridgehead atoms. The van der Waals surface area contributed by atoms with Gasteiger partial charge in [-0.3, -0.25) is 14.4 Å². The van der Waals surface area contributed by atoms with E-state index in [2.05, 4.69) is 0 Å². The van der Waals surface area contributed by atoms with E-state index in [0.29, 0.717) is 6.42 Å². The molecule has 216 valence electrons. The number of hydrogen-bond acceptors (Lipinski definition) is 8. The lowest BCUT2D eigenvalue weighted by Crippen LogP contribution is -2.68. The van der Waals surface area contributed by atoms with Crippen molar-refractivity contribution < 1.29 is 44.7 Å². The standard InChI is InChI=1S/C30H42O9/c1-14(24(36)37)8-15(31)12-27(5,38)19-10-21(34)29(7)28(19,6)20(33)9-18-26(4)13-16(32)23(35)25(2,3)17(26)11-22-30(18,29)39-22/h9-10,14,16-17,21-23,32,34-35,38H,8,11-13H2,1-7H3,(H,36,37)/t14-,16+,17-,21+,22-,23-,26-,27-,28-,29+,30+/m0/s1. The summed E-state index contributed by atoms with van der Waals surface area (Å²) in [6.07, 6.45) is -0.200. The van der Waals surface area contributed by atoms with Crippen LogP contribution in [0.4, 0.5) is 0 Å². The van der Waals surface area contributed by atoms with Crippen molar-refractivity contribution in [2.45, 2.75) is 110 Å². The van der Waals surface area contributed by atoms with E-state index in [1.165, 1.54) is 19.9 Å². The summed E-state index contributed by atoms with van der Waals surface area (Å²) in [7, 11) is 0. The van der Waals surface area contributed by atoms with Crippen LogP contribution in [0.15, 0.2) is 23.3 Å². The molecule has 5 rings (SSSR count). The lowest BCUT2D eigenvalue weighted by molar-refractivity contribution is -0.167. The maximum atomic E-state index is 14.2. The molecule has 1 saturated heterocycles. The predicted molar refractivity (Wildman–Crippen MR) is 139 cm³/mol. The van der Waals surface area contributed by atoms with E-state index < -0.39 is 75.3 Å². The molecule has 1 spiro atoms. The predicted octanol–water partition coefficient (Wildman–Crippen LogP) is 1.95. The van der Waals surface area contributed by atoms with Gasteiger partial charge in [0.25, 0.3) is 0 Å². The molecule has 5 aliphatic rings. The zero-order valence-corrected chi connectivity index (χ0v) is 23.8. The van der Waals surface area contributed by atoms with Crippen LogP contribution in [0.5, 0.6) is 0 Å². The second-order valence-electron chi connectivity index (χ2n) is 14.3. The fourth-order valence-electron chi connectivity index (χ4n) is 9.38. The van der Waals surface area contributed by atoms with Crippen LogP contribution < -0.4 is 0 Å². The van der Waals surface area contributed by atoms with E-state index in [1.54, 1.807) is 19.9 Å². The molecule has 0 amide bonds. The van der Waals surface area contributed by atoms with Crippen molar-refractivity contribution in [2.24, 2.45) is 33.5 Å². The number of ketones is 2. The number of hydrogen-bond donors (Lipinski definition) is 5. The zero-order valence-electron chi connectivity index (χ0n) is 23.8. The van der Waals surface area contributed by atoms with Gasteiger partial charge < -0.3 is 30.3 Å². The molecule has 3 fully saturated rings. The van der Waals surface area contributed by atoms with Crippen LogP contribution in [0.1, 0.15) is 74.1 Å². The zero-order chi connectivity index (χ0) is 29.3. The Morgan fingerprint density at radius 1 is 1.15 bits per heavy atom.